The number of hydrogen-bond acceptors (Lipinski definition) is 4. The number of methoxy groups -OCH3 is 1. The molecule has 1 aromatic rings. The van der Waals surface area contributed by atoms with Gasteiger partial charge in [-0.2, -0.15) is 0 Å². The largest absolute Gasteiger partial charge is 0.493 e. The van der Waals surface area contributed by atoms with Crippen LogP contribution in [-0.4, -0.2) is 30.9 Å². The third-order valence-corrected chi connectivity index (χ3v) is 4.16. The van der Waals surface area contributed by atoms with Gasteiger partial charge in [0.25, 0.3) is 0 Å². The van der Waals surface area contributed by atoms with Crippen molar-refractivity contribution >= 4 is 5.97 Å². The summed E-state index contributed by atoms with van der Waals surface area (Å²) in [6.07, 6.45) is 20.2. The molecule has 0 aliphatic heterocycles. The number of aliphatic hydroxyl groups is 1. The van der Waals surface area contributed by atoms with Crippen LogP contribution in [0, 0.1) is 0 Å². The number of unbranched alkanes of at least 4 members (excludes halogenated alkanes) is 1. The first-order valence-electron chi connectivity index (χ1n) is 10.3. The highest BCUT2D eigenvalue weighted by Crippen LogP contribution is 2.14. The number of rotatable bonds is 14. The fourth-order valence-electron chi connectivity index (χ4n) is 2.47. The van der Waals surface area contributed by atoms with E-state index < -0.39 is 6.10 Å². The predicted molar refractivity (Wildman–Crippen MR) is 119 cm³/mol. The Balaban J connectivity index is 2.19. The quantitative estimate of drug-likeness (QED) is 0.199. The van der Waals surface area contributed by atoms with Gasteiger partial charge in [0.05, 0.1) is 19.8 Å². The lowest BCUT2D eigenvalue weighted by Gasteiger charge is -2.09. The molecule has 1 rings (SSSR count). The van der Waals surface area contributed by atoms with E-state index in [2.05, 4.69) is 29.9 Å². The van der Waals surface area contributed by atoms with Gasteiger partial charge in [-0.05, 0) is 43.4 Å². The molecule has 0 bridgehead atoms. The lowest BCUT2D eigenvalue weighted by Crippen LogP contribution is -2.09. The first kappa shape index (κ1) is 24.4. The Morgan fingerprint density at radius 1 is 1.03 bits per heavy atom. The molecule has 4 heteroatoms. The molecule has 1 aromatic carbocycles. The minimum Gasteiger partial charge on any atom is -0.493 e. The van der Waals surface area contributed by atoms with Crippen LogP contribution >= 0.6 is 0 Å². The molecule has 0 amide bonds. The normalized spacial score (nSPS) is 13.1. The fourth-order valence-corrected chi connectivity index (χ4v) is 2.47. The number of ether oxygens (including phenoxy) is 2. The molecular formula is C25H34O4. The lowest BCUT2D eigenvalue weighted by molar-refractivity contribution is -0.140. The van der Waals surface area contributed by atoms with Gasteiger partial charge in [-0.3, -0.25) is 4.79 Å². The number of benzene rings is 1. The van der Waals surface area contributed by atoms with Crippen LogP contribution in [0.1, 0.15) is 44.6 Å². The first-order valence-corrected chi connectivity index (χ1v) is 10.3. The maximum absolute atomic E-state index is 11.2. The highest BCUT2D eigenvalue weighted by atomic mass is 16.5. The number of aliphatic hydroxyl groups excluding tert-OH is 1. The number of aryl methyl sites for hydroxylation is 1. The number of hydrogen-bond donors (Lipinski definition) is 1. The number of allylic oxidation sites excluding steroid dienone is 7. The van der Waals surface area contributed by atoms with Crippen LogP contribution in [0.15, 0.2) is 72.9 Å². The van der Waals surface area contributed by atoms with Gasteiger partial charge in [0.1, 0.15) is 5.75 Å². The Bertz CT molecular complexity index is 669. The summed E-state index contributed by atoms with van der Waals surface area (Å²) in [5.74, 6) is 0.542. The molecule has 1 N–H and O–H groups in total. The van der Waals surface area contributed by atoms with Gasteiger partial charge in [0, 0.05) is 12.8 Å². The van der Waals surface area contributed by atoms with E-state index in [9.17, 15) is 9.90 Å². The average Bonchev–Trinajstić information content (AvgIpc) is 2.74. The highest BCUT2D eigenvalue weighted by Gasteiger charge is 2.03. The van der Waals surface area contributed by atoms with Crippen LogP contribution < -0.4 is 4.74 Å². The molecule has 158 valence electrons. The van der Waals surface area contributed by atoms with Crippen molar-refractivity contribution in [1.29, 1.82) is 0 Å². The molecule has 0 aromatic heterocycles. The second-order valence-electron chi connectivity index (χ2n) is 6.58. The molecular weight excluding hydrogens is 364 g/mol. The van der Waals surface area contributed by atoms with Crippen LogP contribution in [0.25, 0.3) is 0 Å². The molecule has 29 heavy (non-hydrogen) atoms. The maximum atomic E-state index is 11.2. The number of carbonyl (C=O) groups excluding carboxylic acids is 1. The summed E-state index contributed by atoms with van der Waals surface area (Å²) in [5.41, 5.74) is 1.06. The third kappa shape index (κ3) is 13.3. The average molecular weight is 399 g/mol. The molecule has 1 atom stereocenters. The zero-order chi connectivity index (χ0) is 21.2. The van der Waals surface area contributed by atoms with E-state index in [1.807, 2.05) is 48.6 Å². The van der Waals surface area contributed by atoms with Crippen LogP contribution in [0.4, 0.5) is 0 Å². The Morgan fingerprint density at radius 3 is 2.48 bits per heavy atom. The van der Waals surface area contributed by atoms with Crippen molar-refractivity contribution < 1.29 is 19.4 Å². The SMILES string of the molecule is CC/C=C\CC/C=C/C=C\C=C\[C@@H](O)CCOc1ccc(CCC(=O)OC)cc1. The van der Waals surface area contributed by atoms with Crippen LogP contribution in [0.2, 0.25) is 0 Å². The topological polar surface area (TPSA) is 55.8 Å². The van der Waals surface area contributed by atoms with E-state index in [0.717, 1.165) is 30.6 Å². The number of carbonyl (C=O) groups is 1. The number of esters is 1. The standard InChI is InChI=1S/C25H34O4/c1-3-4-5-6-7-8-9-10-11-12-13-23(26)20-21-29-24-17-14-22(15-18-24)16-19-25(27)28-2/h4-5,8-15,17-18,23,26H,3,6-7,16,19-21H2,1-2H3/b5-4-,9-8+,11-10-,13-12+/t23-/m1/s1. The molecule has 0 saturated carbocycles. The maximum Gasteiger partial charge on any atom is 0.305 e. The van der Waals surface area contributed by atoms with Crippen molar-refractivity contribution in [2.24, 2.45) is 0 Å². The van der Waals surface area contributed by atoms with E-state index in [4.69, 9.17) is 4.74 Å². The van der Waals surface area contributed by atoms with Gasteiger partial charge in [-0.25, -0.2) is 0 Å². The summed E-state index contributed by atoms with van der Waals surface area (Å²) in [7, 11) is 1.39. The zero-order valence-corrected chi connectivity index (χ0v) is 17.6. The molecule has 0 radical (unpaired) electrons. The van der Waals surface area contributed by atoms with E-state index >= 15 is 0 Å². The van der Waals surface area contributed by atoms with Gasteiger partial charge in [-0.15, -0.1) is 0 Å². The van der Waals surface area contributed by atoms with E-state index in [1.165, 1.54) is 7.11 Å². The molecule has 0 fully saturated rings. The second-order valence-corrected chi connectivity index (χ2v) is 6.58. The fraction of sp³-hybridized carbons (Fsp3) is 0.400. The lowest BCUT2D eigenvalue weighted by atomic mass is 10.1. The molecule has 4 nitrogen and oxygen atoms in total. The summed E-state index contributed by atoms with van der Waals surface area (Å²) in [5, 5.41) is 9.97. The van der Waals surface area contributed by atoms with Crippen LogP contribution in [0.5, 0.6) is 5.75 Å². The monoisotopic (exact) mass is 398 g/mol. The highest BCUT2D eigenvalue weighted by molar-refractivity contribution is 5.69. The Hall–Kier alpha value is -2.59. The van der Waals surface area contributed by atoms with E-state index in [-0.39, 0.29) is 5.97 Å². The first-order chi connectivity index (χ1) is 14.2. The molecule has 0 spiro atoms. The van der Waals surface area contributed by atoms with Gasteiger partial charge in [-0.1, -0.05) is 67.7 Å². The van der Waals surface area contributed by atoms with Crippen molar-refractivity contribution in [1.82, 2.24) is 0 Å². The molecule has 0 unspecified atom stereocenters. The minimum atomic E-state index is -0.540. The van der Waals surface area contributed by atoms with E-state index in [1.54, 1.807) is 6.08 Å². The van der Waals surface area contributed by atoms with Crippen LogP contribution in [-0.2, 0) is 16.0 Å². The second kappa shape index (κ2) is 16.4. The summed E-state index contributed by atoms with van der Waals surface area (Å²) in [4.78, 5) is 11.2. The molecule has 0 aliphatic rings. The van der Waals surface area contributed by atoms with Crippen molar-refractivity contribution in [3.63, 3.8) is 0 Å². The third-order valence-electron chi connectivity index (χ3n) is 4.16. The predicted octanol–water partition coefficient (Wildman–Crippen LogP) is 5.34. The van der Waals surface area contributed by atoms with Gasteiger partial charge < -0.3 is 14.6 Å². The van der Waals surface area contributed by atoms with Gasteiger partial charge >= 0.3 is 5.97 Å². The van der Waals surface area contributed by atoms with E-state index in [0.29, 0.717) is 25.9 Å². The minimum absolute atomic E-state index is 0.210. The Labute approximate surface area is 175 Å². The molecule has 0 aliphatic carbocycles. The van der Waals surface area contributed by atoms with Crippen LogP contribution in [0.3, 0.4) is 0 Å². The van der Waals surface area contributed by atoms with Crippen molar-refractivity contribution in [3.8, 4) is 5.75 Å². The van der Waals surface area contributed by atoms with Gasteiger partial charge in [0.15, 0.2) is 0 Å². The van der Waals surface area contributed by atoms with Gasteiger partial charge in [0.2, 0.25) is 0 Å². The summed E-state index contributed by atoms with van der Waals surface area (Å²) >= 11 is 0. The van der Waals surface area contributed by atoms with Crippen molar-refractivity contribution in [2.45, 2.75) is 51.6 Å². The zero-order valence-electron chi connectivity index (χ0n) is 17.6. The molecule has 0 saturated heterocycles. The Kier molecular flexibility index (Phi) is 13.8. The summed E-state index contributed by atoms with van der Waals surface area (Å²) in [6, 6.07) is 7.63. The summed E-state index contributed by atoms with van der Waals surface area (Å²) in [6.45, 7) is 2.57. The van der Waals surface area contributed by atoms with Crippen molar-refractivity contribution in [2.75, 3.05) is 13.7 Å². The smallest absolute Gasteiger partial charge is 0.305 e. The van der Waals surface area contributed by atoms with Crippen molar-refractivity contribution in [3.05, 3.63) is 78.4 Å². The molecule has 0 heterocycles. The summed E-state index contributed by atoms with van der Waals surface area (Å²) < 4.78 is 10.3. The Morgan fingerprint density at radius 2 is 1.76 bits per heavy atom.